The number of rotatable bonds is 4. The largest absolute Gasteiger partial charge is 0.508 e. The number of hydrazone groups is 1. The molecule has 0 saturated carbocycles. The van der Waals surface area contributed by atoms with Crippen molar-refractivity contribution in [3.8, 4) is 11.5 Å². The van der Waals surface area contributed by atoms with Gasteiger partial charge in [0, 0.05) is 28.0 Å². The van der Waals surface area contributed by atoms with E-state index in [4.69, 9.17) is 27.9 Å². The fourth-order valence-corrected chi connectivity index (χ4v) is 4.40. The van der Waals surface area contributed by atoms with E-state index < -0.39 is 6.04 Å². The van der Waals surface area contributed by atoms with E-state index in [1.165, 1.54) is 17.1 Å². The normalized spacial score (nSPS) is 15.4. The Balaban J connectivity index is 1.60. The Labute approximate surface area is 206 Å². The Bertz CT molecular complexity index is 1420. The first kappa shape index (κ1) is 22.2. The van der Waals surface area contributed by atoms with E-state index in [9.17, 15) is 9.90 Å². The first-order chi connectivity index (χ1) is 16.4. The highest BCUT2D eigenvalue weighted by Gasteiger charge is 2.35. The summed E-state index contributed by atoms with van der Waals surface area (Å²) in [5.41, 5.74) is 3.40. The van der Waals surface area contributed by atoms with E-state index in [1.54, 1.807) is 31.4 Å². The molecule has 4 aromatic rings. The molecule has 1 amide bonds. The summed E-state index contributed by atoms with van der Waals surface area (Å²) in [4.78, 5) is 18.0. The molecule has 1 N–H and O–H groups in total. The second-order valence-electron chi connectivity index (χ2n) is 7.90. The Morgan fingerprint density at radius 1 is 1.03 bits per heavy atom. The molecule has 1 aliphatic heterocycles. The summed E-state index contributed by atoms with van der Waals surface area (Å²) < 4.78 is 5.35. The van der Waals surface area contributed by atoms with Crippen LogP contribution in [0.3, 0.4) is 0 Å². The van der Waals surface area contributed by atoms with Gasteiger partial charge in [-0.15, -0.1) is 0 Å². The molecule has 0 radical (unpaired) electrons. The van der Waals surface area contributed by atoms with Crippen LogP contribution in [-0.2, 0) is 0 Å². The zero-order valence-corrected chi connectivity index (χ0v) is 19.6. The van der Waals surface area contributed by atoms with E-state index in [0.29, 0.717) is 33.5 Å². The van der Waals surface area contributed by atoms with Crippen LogP contribution in [0, 0.1) is 0 Å². The molecule has 0 bridgehead atoms. The van der Waals surface area contributed by atoms with Crippen molar-refractivity contribution in [2.45, 2.75) is 12.5 Å². The van der Waals surface area contributed by atoms with Crippen molar-refractivity contribution >= 4 is 45.7 Å². The molecule has 0 fully saturated rings. The van der Waals surface area contributed by atoms with Gasteiger partial charge in [-0.05, 0) is 66.2 Å². The number of carbonyl (C=O) groups is 1. The minimum Gasteiger partial charge on any atom is -0.508 e. The Hall–Kier alpha value is -3.61. The maximum atomic E-state index is 13.5. The van der Waals surface area contributed by atoms with Crippen LogP contribution in [0.1, 0.15) is 33.9 Å². The highest BCUT2D eigenvalue weighted by Crippen LogP contribution is 2.38. The van der Waals surface area contributed by atoms with Gasteiger partial charge in [-0.25, -0.2) is 9.99 Å². The number of ether oxygens (including phenoxy) is 1. The van der Waals surface area contributed by atoms with Crippen LogP contribution in [0.5, 0.6) is 11.5 Å². The number of methoxy groups -OCH3 is 1. The van der Waals surface area contributed by atoms with Crippen molar-refractivity contribution in [3.63, 3.8) is 0 Å². The molecule has 1 unspecified atom stereocenters. The summed E-state index contributed by atoms with van der Waals surface area (Å²) in [5, 5.41) is 17.5. The highest BCUT2D eigenvalue weighted by molar-refractivity contribution is 6.31. The van der Waals surface area contributed by atoms with Crippen LogP contribution in [0.15, 0.2) is 77.9 Å². The number of aromatic nitrogens is 1. The molecule has 0 spiro atoms. The van der Waals surface area contributed by atoms with Crippen LogP contribution in [-0.4, -0.2) is 33.8 Å². The van der Waals surface area contributed by atoms with Gasteiger partial charge in [0.05, 0.1) is 24.4 Å². The SMILES string of the molecule is COc1ccc2nc(Cl)c(C3CC(c4ccc(Cl)cc4)=NN3C(=O)c3ccc(O)cc3)cc2c1. The number of phenolic OH excluding ortho intramolecular Hbond substituents is 1. The summed E-state index contributed by atoms with van der Waals surface area (Å²) in [6, 6.07) is 20.4. The fourth-order valence-electron chi connectivity index (χ4n) is 4.00. The predicted octanol–water partition coefficient (Wildman–Crippen LogP) is 6.25. The molecule has 170 valence electrons. The third-order valence-corrected chi connectivity index (χ3v) is 6.33. The summed E-state index contributed by atoms with van der Waals surface area (Å²) >= 11 is 12.7. The van der Waals surface area contributed by atoms with Crippen molar-refractivity contribution in [1.82, 2.24) is 9.99 Å². The molecule has 2 heterocycles. The van der Waals surface area contributed by atoms with Gasteiger partial charge in [0.2, 0.25) is 0 Å². The predicted molar refractivity (Wildman–Crippen MR) is 133 cm³/mol. The second-order valence-corrected chi connectivity index (χ2v) is 8.69. The van der Waals surface area contributed by atoms with Gasteiger partial charge in [0.1, 0.15) is 16.7 Å². The Kier molecular flexibility index (Phi) is 5.86. The van der Waals surface area contributed by atoms with Gasteiger partial charge in [0.25, 0.3) is 5.91 Å². The molecule has 1 aromatic heterocycles. The van der Waals surface area contributed by atoms with E-state index in [-0.39, 0.29) is 11.7 Å². The number of hydrogen-bond donors (Lipinski definition) is 1. The van der Waals surface area contributed by atoms with Gasteiger partial charge >= 0.3 is 0 Å². The van der Waals surface area contributed by atoms with E-state index in [2.05, 4.69) is 10.1 Å². The maximum Gasteiger partial charge on any atom is 0.274 e. The number of phenols is 1. The Morgan fingerprint density at radius 2 is 1.76 bits per heavy atom. The van der Waals surface area contributed by atoms with Crippen LogP contribution >= 0.6 is 23.2 Å². The molecular formula is C26H19Cl2N3O3. The zero-order valence-electron chi connectivity index (χ0n) is 18.1. The van der Waals surface area contributed by atoms with Gasteiger partial charge < -0.3 is 9.84 Å². The summed E-state index contributed by atoms with van der Waals surface area (Å²) in [6.45, 7) is 0. The lowest BCUT2D eigenvalue weighted by Crippen LogP contribution is -2.27. The summed E-state index contributed by atoms with van der Waals surface area (Å²) in [5.74, 6) is 0.468. The first-order valence-electron chi connectivity index (χ1n) is 10.5. The molecule has 3 aromatic carbocycles. The molecule has 1 aliphatic rings. The van der Waals surface area contributed by atoms with Crippen molar-refractivity contribution < 1.29 is 14.6 Å². The number of hydrogen-bond acceptors (Lipinski definition) is 5. The molecule has 1 atom stereocenters. The number of carbonyl (C=O) groups excluding carboxylic acids is 1. The lowest BCUT2D eigenvalue weighted by atomic mass is 9.98. The lowest BCUT2D eigenvalue weighted by Gasteiger charge is -2.23. The first-order valence-corrected chi connectivity index (χ1v) is 11.3. The van der Waals surface area contributed by atoms with Crippen molar-refractivity contribution in [2.75, 3.05) is 7.11 Å². The van der Waals surface area contributed by atoms with E-state index >= 15 is 0 Å². The number of amides is 1. The van der Waals surface area contributed by atoms with Gasteiger partial charge in [-0.3, -0.25) is 4.79 Å². The average molecular weight is 492 g/mol. The molecular weight excluding hydrogens is 473 g/mol. The Morgan fingerprint density at radius 3 is 2.47 bits per heavy atom. The van der Waals surface area contributed by atoms with Crippen molar-refractivity contribution in [3.05, 3.63) is 99.7 Å². The second kappa shape index (κ2) is 8.97. The molecule has 6 nitrogen and oxygen atoms in total. The zero-order chi connectivity index (χ0) is 23.8. The lowest BCUT2D eigenvalue weighted by molar-refractivity contribution is 0.0711. The molecule has 0 aliphatic carbocycles. The number of nitrogens with zero attached hydrogens (tertiary/aromatic N) is 3. The van der Waals surface area contributed by atoms with Crippen LogP contribution < -0.4 is 4.74 Å². The number of fused-ring (bicyclic) bond motifs is 1. The smallest absolute Gasteiger partial charge is 0.274 e. The molecule has 8 heteroatoms. The monoisotopic (exact) mass is 491 g/mol. The van der Waals surface area contributed by atoms with E-state index in [1.807, 2.05) is 36.4 Å². The van der Waals surface area contributed by atoms with E-state index in [0.717, 1.165) is 22.2 Å². The number of aromatic hydroxyl groups is 1. The van der Waals surface area contributed by atoms with Gasteiger partial charge in [-0.2, -0.15) is 5.10 Å². The average Bonchev–Trinajstić information content (AvgIpc) is 3.29. The topological polar surface area (TPSA) is 75.0 Å². The summed E-state index contributed by atoms with van der Waals surface area (Å²) in [7, 11) is 1.60. The van der Waals surface area contributed by atoms with Gasteiger partial charge in [-0.1, -0.05) is 35.3 Å². The third-order valence-electron chi connectivity index (χ3n) is 5.77. The minimum absolute atomic E-state index is 0.0793. The van der Waals surface area contributed by atoms with Gasteiger partial charge in [0.15, 0.2) is 0 Å². The quantitative estimate of drug-likeness (QED) is 0.342. The van der Waals surface area contributed by atoms with Crippen LogP contribution in [0.4, 0.5) is 0 Å². The van der Waals surface area contributed by atoms with Crippen LogP contribution in [0.2, 0.25) is 10.2 Å². The number of pyridine rings is 1. The fraction of sp³-hybridized carbons (Fsp3) is 0.115. The van der Waals surface area contributed by atoms with Crippen LogP contribution in [0.25, 0.3) is 10.9 Å². The number of halogens is 2. The minimum atomic E-state index is -0.470. The summed E-state index contributed by atoms with van der Waals surface area (Å²) in [6.07, 6.45) is 0.447. The van der Waals surface area contributed by atoms with Crippen molar-refractivity contribution in [1.29, 1.82) is 0 Å². The van der Waals surface area contributed by atoms with Crippen molar-refractivity contribution in [2.24, 2.45) is 5.10 Å². The third kappa shape index (κ3) is 4.18. The highest BCUT2D eigenvalue weighted by atomic mass is 35.5. The molecule has 0 saturated heterocycles. The number of benzene rings is 3. The molecule has 34 heavy (non-hydrogen) atoms. The molecule has 5 rings (SSSR count). The maximum absolute atomic E-state index is 13.5. The standard InChI is InChI=1S/C26H19Cl2N3O3/c1-34-20-10-11-22-17(12-20)13-21(25(28)29-22)24-14-23(15-2-6-18(27)7-3-15)30-31(24)26(33)16-4-8-19(32)9-5-16/h2-13,24,32H,14H2,1H3.